The predicted octanol–water partition coefficient (Wildman–Crippen LogP) is 2.16. The molecule has 6 heteroatoms. The number of nitrogens with zero attached hydrogens (tertiary/aromatic N) is 3. The number of hydrogen-bond donors (Lipinski definition) is 1. The lowest BCUT2D eigenvalue weighted by atomic mass is 9.84. The first-order chi connectivity index (χ1) is 9.63. The average molecular weight is 278 g/mol. The fourth-order valence-electron chi connectivity index (χ4n) is 3.71. The number of nitrogens with two attached hydrogens (primary N) is 1. The largest absolute Gasteiger partial charge is 0.369 e. The van der Waals surface area contributed by atoms with E-state index < -0.39 is 11.6 Å². The number of anilines is 1. The Morgan fingerprint density at radius 2 is 1.95 bits per heavy atom. The van der Waals surface area contributed by atoms with Gasteiger partial charge in [0, 0.05) is 18.7 Å². The third-order valence-electron chi connectivity index (χ3n) is 4.69. The molecule has 1 unspecified atom stereocenters. The molecule has 5 rings (SSSR count). The second-order valence-corrected chi connectivity index (χ2v) is 5.80. The monoisotopic (exact) mass is 278 g/mol. The Balaban J connectivity index is 1.89. The van der Waals surface area contributed by atoms with Gasteiger partial charge in [-0.2, -0.15) is 0 Å². The van der Waals surface area contributed by atoms with E-state index >= 15 is 0 Å². The summed E-state index contributed by atoms with van der Waals surface area (Å²) in [5.41, 5.74) is 6.62. The van der Waals surface area contributed by atoms with E-state index in [9.17, 15) is 8.78 Å². The Labute approximate surface area is 115 Å². The highest BCUT2D eigenvalue weighted by molar-refractivity contribution is 5.79. The number of halogens is 2. The molecule has 1 atom stereocenters. The Hall–Kier alpha value is -1.69. The topological polar surface area (TPSA) is 47.1 Å². The summed E-state index contributed by atoms with van der Waals surface area (Å²) in [6.45, 7) is 3.10. The first kappa shape index (κ1) is 12.1. The molecule has 1 aromatic carbocycles. The minimum atomic E-state index is -0.647. The highest BCUT2D eigenvalue weighted by Gasteiger charge is 2.36. The van der Waals surface area contributed by atoms with Gasteiger partial charge in [0.25, 0.3) is 0 Å². The number of aromatic nitrogens is 2. The first-order valence-electron chi connectivity index (χ1n) is 6.98. The van der Waals surface area contributed by atoms with Crippen molar-refractivity contribution in [3.05, 3.63) is 23.8 Å². The normalized spacial score (nSPS) is 29.2. The van der Waals surface area contributed by atoms with Gasteiger partial charge in [-0.25, -0.2) is 13.8 Å². The summed E-state index contributed by atoms with van der Waals surface area (Å²) in [6, 6.07) is 2.36. The molecule has 0 aliphatic carbocycles. The van der Waals surface area contributed by atoms with Crippen molar-refractivity contribution in [1.82, 2.24) is 14.5 Å². The van der Waals surface area contributed by atoms with Crippen molar-refractivity contribution in [2.24, 2.45) is 5.92 Å². The van der Waals surface area contributed by atoms with Gasteiger partial charge in [0.15, 0.2) is 5.82 Å². The third-order valence-corrected chi connectivity index (χ3v) is 4.69. The summed E-state index contributed by atoms with van der Waals surface area (Å²) in [4.78, 5) is 6.47. The van der Waals surface area contributed by atoms with E-state index in [-0.39, 0.29) is 17.5 Å². The number of piperidine rings is 3. The maximum Gasteiger partial charge on any atom is 0.201 e. The van der Waals surface area contributed by atoms with Crippen molar-refractivity contribution in [2.75, 3.05) is 25.4 Å². The zero-order valence-corrected chi connectivity index (χ0v) is 11.0. The number of benzene rings is 1. The van der Waals surface area contributed by atoms with Crippen molar-refractivity contribution in [3.8, 4) is 0 Å². The molecule has 0 amide bonds. The minimum absolute atomic E-state index is 0.167. The zero-order valence-electron chi connectivity index (χ0n) is 11.0. The van der Waals surface area contributed by atoms with Gasteiger partial charge in [0.1, 0.15) is 11.3 Å². The van der Waals surface area contributed by atoms with E-state index in [1.54, 1.807) is 0 Å². The van der Waals surface area contributed by atoms with Gasteiger partial charge in [0.2, 0.25) is 5.95 Å². The van der Waals surface area contributed by atoms with E-state index in [1.807, 2.05) is 4.57 Å². The van der Waals surface area contributed by atoms with Crippen LogP contribution in [0.5, 0.6) is 0 Å². The fourth-order valence-corrected chi connectivity index (χ4v) is 3.71. The molecular formula is C14H16F2N4. The van der Waals surface area contributed by atoms with Gasteiger partial charge in [-0.3, -0.25) is 0 Å². The second-order valence-electron chi connectivity index (χ2n) is 5.80. The second kappa shape index (κ2) is 4.15. The molecular weight excluding hydrogens is 262 g/mol. The zero-order chi connectivity index (χ0) is 13.9. The van der Waals surface area contributed by atoms with Crippen molar-refractivity contribution >= 4 is 17.0 Å². The maximum absolute atomic E-state index is 13.8. The lowest BCUT2D eigenvalue weighted by Gasteiger charge is -2.45. The van der Waals surface area contributed by atoms with Gasteiger partial charge in [-0.05, 0) is 31.8 Å². The van der Waals surface area contributed by atoms with Gasteiger partial charge in [-0.1, -0.05) is 0 Å². The summed E-state index contributed by atoms with van der Waals surface area (Å²) in [7, 11) is 0. The molecule has 3 aliphatic rings. The van der Waals surface area contributed by atoms with Crippen LogP contribution in [0.4, 0.5) is 14.7 Å². The highest BCUT2D eigenvalue weighted by atomic mass is 19.1. The van der Waals surface area contributed by atoms with Crippen molar-refractivity contribution in [2.45, 2.75) is 18.9 Å². The number of nitrogen functional groups attached to an aromatic ring is 1. The van der Waals surface area contributed by atoms with Crippen LogP contribution in [-0.4, -0.2) is 34.1 Å². The minimum Gasteiger partial charge on any atom is -0.369 e. The fraction of sp³-hybridized carbons (Fsp3) is 0.500. The molecule has 3 fully saturated rings. The van der Waals surface area contributed by atoms with Crippen molar-refractivity contribution in [3.63, 3.8) is 0 Å². The van der Waals surface area contributed by atoms with E-state index in [2.05, 4.69) is 9.88 Å². The lowest BCUT2D eigenvalue weighted by Crippen LogP contribution is -2.48. The van der Waals surface area contributed by atoms with Crippen molar-refractivity contribution < 1.29 is 8.78 Å². The molecule has 2 aromatic rings. The summed E-state index contributed by atoms with van der Waals surface area (Å²) in [6.07, 6.45) is 2.23. The smallest absolute Gasteiger partial charge is 0.201 e. The maximum atomic E-state index is 13.8. The van der Waals surface area contributed by atoms with E-state index in [0.717, 1.165) is 38.5 Å². The molecule has 3 aliphatic heterocycles. The molecule has 4 nitrogen and oxygen atoms in total. The first-order valence-corrected chi connectivity index (χ1v) is 6.98. The molecule has 106 valence electrons. The molecule has 1 aromatic heterocycles. The molecule has 20 heavy (non-hydrogen) atoms. The molecule has 0 saturated carbocycles. The summed E-state index contributed by atoms with van der Waals surface area (Å²) in [5, 5.41) is 0. The van der Waals surface area contributed by atoms with Crippen LogP contribution in [0.15, 0.2) is 12.1 Å². The summed E-state index contributed by atoms with van der Waals surface area (Å²) >= 11 is 0. The predicted molar refractivity (Wildman–Crippen MR) is 72.3 cm³/mol. The Kier molecular flexibility index (Phi) is 2.51. The Morgan fingerprint density at radius 1 is 1.20 bits per heavy atom. The van der Waals surface area contributed by atoms with E-state index in [0.29, 0.717) is 11.4 Å². The van der Waals surface area contributed by atoms with Gasteiger partial charge >= 0.3 is 0 Å². The SMILES string of the molecule is Nc1nc2c(F)cc(F)cc2n1C1CN2CCC1CC2. The van der Waals surface area contributed by atoms with Crippen LogP contribution in [-0.2, 0) is 0 Å². The standard InChI is InChI=1S/C14H16F2N4/c15-9-5-10(16)13-11(6-9)20(14(17)18-13)12-7-19-3-1-8(12)2-4-19/h5-6,8,12H,1-4,7H2,(H2,17,18). The molecule has 4 heterocycles. The van der Waals surface area contributed by atoms with Crippen LogP contribution in [0.3, 0.4) is 0 Å². The number of hydrogen-bond acceptors (Lipinski definition) is 3. The average Bonchev–Trinajstić information content (AvgIpc) is 2.76. The third kappa shape index (κ3) is 1.64. The lowest BCUT2D eigenvalue weighted by molar-refractivity contribution is 0.0597. The molecule has 0 radical (unpaired) electrons. The van der Waals surface area contributed by atoms with E-state index in [1.165, 1.54) is 6.07 Å². The highest BCUT2D eigenvalue weighted by Crippen LogP contribution is 2.39. The molecule has 2 N–H and O–H groups in total. The summed E-state index contributed by atoms with van der Waals surface area (Å²) < 4.78 is 29.2. The molecule has 0 spiro atoms. The van der Waals surface area contributed by atoms with E-state index in [4.69, 9.17) is 5.73 Å². The van der Waals surface area contributed by atoms with Crippen LogP contribution in [0, 0.1) is 17.6 Å². The Morgan fingerprint density at radius 3 is 2.60 bits per heavy atom. The number of imidazole rings is 1. The van der Waals surface area contributed by atoms with Gasteiger partial charge < -0.3 is 15.2 Å². The molecule has 3 saturated heterocycles. The van der Waals surface area contributed by atoms with Crippen LogP contribution in [0.1, 0.15) is 18.9 Å². The van der Waals surface area contributed by atoms with Crippen LogP contribution in [0.2, 0.25) is 0 Å². The quantitative estimate of drug-likeness (QED) is 0.869. The van der Waals surface area contributed by atoms with Crippen molar-refractivity contribution in [1.29, 1.82) is 0 Å². The number of rotatable bonds is 1. The van der Waals surface area contributed by atoms with Crippen LogP contribution < -0.4 is 5.73 Å². The number of fused-ring (bicyclic) bond motifs is 4. The van der Waals surface area contributed by atoms with Crippen LogP contribution >= 0.6 is 0 Å². The van der Waals surface area contributed by atoms with Crippen LogP contribution in [0.25, 0.3) is 11.0 Å². The van der Waals surface area contributed by atoms with Gasteiger partial charge in [-0.15, -0.1) is 0 Å². The Bertz CT molecular complexity index is 673. The van der Waals surface area contributed by atoms with Gasteiger partial charge in [0.05, 0.1) is 11.6 Å². The summed E-state index contributed by atoms with van der Waals surface area (Å²) in [5.74, 6) is -0.432. The molecule has 2 bridgehead atoms.